The van der Waals surface area contributed by atoms with Crippen molar-refractivity contribution in [2.45, 2.75) is 40.5 Å². The molecule has 1 saturated carbocycles. The highest BCUT2D eigenvalue weighted by Gasteiger charge is 2.12. The Morgan fingerprint density at radius 3 is 1.08 bits per heavy atom. The van der Waals surface area contributed by atoms with Crippen LogP contribution in [0.1, 0.15) is 40.5 Å². The second-order valence-electron chi connectivity index (χ2n) is 4.76. The molecular weight excluding hydrogens is 146 g/mol. The Morgan fingerprint density at radius 2 is 1.08 bits per heavy atom. The maximum absolute atomic E-state index is 2.28. The lowest BCUT2D eigenvalue weighted by molar-refractivity contribution is 0.505. The average molecular weight is 173 g/mol. The molecule has 0 aromatic carbocycles. The molecule has 0 N–H and O–H groups in total. The van der Waals surface area contributed by atoms with Crippen LogP contribution in [-0.2, 0) is 0 Å². The van der Waals surface area contributed by atoms with Gasteiger partial charge in [-0.25, -0.2) is 0 Å². The van der Waals surface area contributed by atoms with E-state index in [-0.39, 0.29) is 0 Å². The van der Waals surface area contributed by atoms with Crippen molar-refractivity contribution < 1.29 is 0 Å². The molecule has 12 heavy (non-hydrogen) atoms. The van der Waals surface area contributed by atoms with Crippen LogP contribution in [0.5, 0.6) is 0 Å². The lowest BCUT2D eigenvalue weighted by Gasteiger charge is -1.90. The summed E-state index contributed by atoms with van der Waals surface area (Å²) in [5.74, 6) is 1.92. The van der Waals surface area contributed by atoms with Crippen molar-refractivity contribution in [1.82, 2.24) is 4.90 Å². The van der Waals surface area contributed by atoms with Gasteiger partial charge in [-0.05, 0) is 33.0 Å². The predicted molar refractivity (Wildman–Crippen MR) is 58.5 cm³/mol. The van der Waals surface area contributed by atoms with Crippen molar-refractivity contribution in [2.75, 3.05) is 21.1 Å². The van der Waals surface area contributed by atoms with E-state index in [2.05, 4.69) is 27.7 Å². The van der Waals surface area contributed by atoms with Crippen LogP contribution >= 0.6 is 0 Å². The van der Waals surface area contributed by atoms with Crippen LogP contribution in [0.15, 0.2) is 0 Å². The van der Waals surface area contributed by atoms with Gasteiger partial charge in [-0.15, -0.1) is 0 Å². The largest absolute Gasteiger partial charge is 0.312 e. The summed E-state index contributed by atoms with van der Waals surface area (Å²) in [7, 11) is 6.00. The summed E-state index contributed by atoms with van der Waals surface area (Å²) in [4.78, 5) is 2.00. The zero-order chi connectivity index (χ0) is 10.1. The molecule has 0 atom stereocenters. The lowest BCUT2D eigenvalue weighted by atomic mass is 10.3. The summed E-state index contributed by atoms with van der Waals surface area (Å²) in [6, 6.07) is 0. The normalized spacial score (nSPS) is 14.8. The van der Waals surface area contributed by atoms with Crippen LogP contribution in [-0.4, -0.2) is 26.0 Å². The standard InChI is InChI=1S/C4H8.C4H10.C3H9N/c1-4-2-3-4;2*1-4(2)3/h4H,2-3H2,1H3;4H,1-3H3;1-3H3. The van der Waals surface area contributed by atoms with E-state index in [1.165, 1.54) is 12.8 Å². The average Bonchev–Trinajstić information content (AvgIpc) is 2.46. The van der Waals surface area contributed by atoms with Gasteiger partial charge in [-0.2, -0.15) is 0 Å². The molecule has 0 spiro atoms. The molecule has 0 aliphatic heterocycles. The summed E-state index contributed by atoms with van der Waals surface area (Å²) < 4.78 is 0. The third-order valence-electron chi connectivity index (χ3n) is 0.866. The monoisotopic (exact) mass is 173 g/mol. The zero-order valence-electron chi connectivity index (χ0n) is 10.0. The van der Waals surface area contributed by atoms with Crippen molar-refractivity contribution in [2.24, 2.45) is 11.8 Å². The maximum Gasteiger partial charge on any atom is -0.0140 e. The maximum atomic E-state index is 2.28. The van der Waals surface area contributed by atoms with E-state index in [1.807, 2.05) is 26.0 Å². The fourth-order valence-corrected chi connectivity index (χ4v) is 0.167. The lowest BCUT2D eigenvalue weighted by Crippen LogP contribution is -1.99. The van der Waals surface area contributed by atoms with Gasteiger partial charge in [0.05, 0.1) is 0 Å². The molecule has 0 amide bonds. The van der Waals surface area contributed by atoms with Crippen LogP contribution in [0.4, 0.5) is 0 Å². The van der Waals surface area contributed by atoms with Gasteiger partial charge >= 0.3 is 0 Å². The predicted octanol–water partition coefficient (Wildman–Crippen LogP) is 3.26. The van der Waals surface area contributed by atoms with E-state index < -0.39 is 0 Å². The van der Waals surface area contributed by atoms with E-state index in [0.29, 0.717) is 0 Å². The van der Waals surface area contributed by atoms with E-state index in [4.69, 9.17) is 0 Å². The van der Waals surface area contributed by atoms with Crippen molar-refractivity contribution in [3.63, 3.8) is 0 Å². The minimum atomic E-state index is 0.833. The molecule has 0 heterocycles. The Kier molecular flexibility index (Phi) is 10.9. The first-order chi connectivity index (χ1) is 5.36. The van der Waals surface area contributed by atoms with Gasteiger partial charge in [0.2, 0.25) is 0 Å². The fourth-order valence-electron chi connectivity index (χ4n) is 0.167. The number of hydrogen-bond acceptors (Lipinski definition) is 1. The van der Waals surface area contributed by atoms with Gasteiger partial charge in [0.15, 0.2) is 0 Å². The van der Waals surface area contributed by atoms with Crippen molar-refractivity contribution >= 4 is 0 Å². The third-order valence-corrected chi connectivity index (χ3v) is 0.866. The molecule has 0 aromatic rings. The Bertz CT molecular complexity index is 61.6. The van der Waals surface area contributed by atoms with E-state index >= 15 is 0 Å². The van der Waals surface area contributed by atoms with Gasteiger partial charge < -0.3 is 4.90 Å². The SMILES string of the molecule is CC(C)C.CC1CC1.CN(C)C. The molecule has 0 saturated heterocycles. The van der Waals surface area contributed by atoms with Gasteiger partial charge in [-0.1, -0.05) is 40.5 Å². The summed E-state index contributed by atoms with van der Waals surface area (Å²) in [5, 5.41) is 0. The molecule has 1 aliphatic carbocycles. The molecule has 1 nitrogen and oxygen atoms in total. The second kappa shape index (κ2) is 9.05. The molecule has 1 rings (SSSR count). The highest BCUT2D eigenvalue weighted by molar-refractivity contribution is 4.65. The summed E-state index contributed by atoms with van der Waals surface area (Å²) in [5.41, 5.74) is 0. The van der Waals surface area contributed by atoms with Crippen LogP contribution in [0.25, 0.3) is 0 Å². The van der Waals surface area contributed by atoms with E-state index in [9.17, 15) is 0 Å². The first kappa shape index (κ1) is 14.5. The summed E-state index contributed by atoms with van der Waals surface area (Å²) >= 11 is 0. The molecule has 1 heteroatoms. The number of nitrogens with zero attached hydrogens (tertiary/aromatic N) is 1. The van der Waals surface area contributed by atoms with Crippen LogP contribution in [0, 0.1) is 11.8 Å². The number of hydrogen-bond donors (Lipinski definition) is 0. The second-order valence-corrected chi connectivity index (χ2v) is 4.76. The van der Waals surface area contributed by atoms with Gasteiger partial charge in [0.1, 0.15) is 0 Å². The quantitative estimate of drug-likeness (QED) is 0.543. The first-order valence-corrected chi connectivity index (χ1v) is 4.97. The molecule has 0 aromatic heterocycles. The first-order valence-electron chi connectivity index (χ1n) is 4.97. The minimum absolute atomic E-state index is 0.833. The summed E-state index contributed by atoms with van der Waals surface area (Å²) in [6.07, 6.45) is 2.97. The van der Waals surface area contributed by atoms with Gasteiger partial charge in [0, 0.05) is 0 Å². The zero-order valence-corrected chi connectivity index (χ0v) is 10.0. The van der Waals surface area contributed by atoms with E-state index in [1.54, 1.807) is 0 Å². The van der Waals surface area contributed by atoms with Gasteiger partial charge in [0.25, 0.3) is 0 Å². The topological polar surface area (TPSA) is 3.24 Å². The highest BCUT2D eigenvalue weighted by Crippen LogP contribution is 2.26. The number of rotatable bonds is 0. The van der Waals surface area contributed by atoms with Crippen LogP contribution < -0.4 is 0 Å². The minimum Gasteiger partial charge on any atom is -0.312 e. The molecule has 1 aliphatic rings. The molecule has 0 bridgehead atoms. The van der Waals surface area contributed by atoms with Crippen LogP contribution in [0.3, 0.4) is 0 Å². The van der Waals surface area contributed by atoms with Crippen molar-refractivity contribution in [3.05, 3.63) is 0 Å². The molecule has 76 valence electrons. The Balaban J connectivity index is 0. The van der Waals surface area contributed by atoms with E-state index in [0.717, 1.165) is 11.8 Å². The Labute approximate surface area is 79.2 Å². The fraction of sp³-hybridized carbons (Fsp3) is 1.00. The highest BCUT2D eigenvalue weighted by atomic mass is 15.0. The van der Waals surface area contributed by atoms with Crippen LogP contribution in [0.2, 0.25) is 0 Å². The van der Waals surface area contributed by atoms with Gasteiger partial charge in [-0.3, -0.25) is 0 Å². The molecule has 0 radical (unpaired) electrons. The Morgan fingerprint density at radius 1 is 1.00 bits per heavy atom. The smallest absolute Gasteiger partial charge is 0.0140 e. The van der Waals surface area contributed by atoms with Crippen molar-refractivity contribution in [3.8, 4) is 0 Å². The molecule has 1 fully saturated rings. The molecule has 0 unspecified atom stereocenters. The Hall–Kier alpha value is -0.0400. The molecular formula is C11H27N. The van der Waals surface area contributed by atoms with Crippen molar-refractivity contribution in [1.29, 1.82) is 0 Å². The third kappa shape index (κ3) is 91.3. The summed E-state index contributed by atoms with van der Waals surface area (Å²) in [6.45, 7) is 8.78.